The molecule has 1 aromatic rings. The van der Waals surface area contributed by atoms with Crippen LogP contribution in [-0.4, -0.2) is 21.4 Å². The Morgan fingerprint density at radius 2 is 1.58 bits per heavy atom. The molecule has 144 valence electrons. The van der Waals surface area contributed by atoms with Crippen molar-refractivity contribution in [1.82, 2.24) is 0 Å². The molecular formula is C22H34O3Si. The number of ether oxygens (including phenoxy) is 1. The van der Waals surface area contributed by atoms with Crippen LogP contribution in [-0.2, 0) is 14.0 Å². The predicted octanol–water partition coefficient (Wildman–Crippen LogP) is 6.04. The van der Waals surface area contributed by atoms with Gasteiger partial charge in [0.2, 0.25) is 0 Å². The number of hydrogen-bond donors (Lipinski definition) is 0. The molecule has 26 heavy (non-hydrogen) atoms. The SMILES string of the molecule is C=C(O[Si](C(C)C)(C(C)C)C(C)C)[C@@]1(C(=O)OC)CC1c1ccccc1. The fourth-order valence-corrected chi connectivity index (χ4v) is 10.2. The number of methoxy groups -OCH3 is 1. The molecule has 1 saturated carbocycles. The highest BCUT2D eigenvalue weighted by atomic mass is 28.4. The lowest BCUT2D eigenvalue weighted by atomic mass is 9.97. The van der Waals surface area contributed by atoms with E-state index in [1.807, 2.05) is 18.2 Å². The first-order valence-corrected chi connectivity index (χ1v) is 11.8. The van der Waals surface area contributed by atoms with Crippen molar-refractivity contribution in [3.8, 4) is 0 Å². The molecule has 0 bridgehead atoms. The molecule has 0 aliphatic heterocycles. The number of rotatable bonds is 8. The van der Waals surface area contributed by atoms with Gasteiger partial charge in [0.25, 0.3) is 8.32 Å². The van der Waals surface area contributed by atoms with Gasteiger partial charge in [-0.2, -0.15) is 0 Å². The van der Waals surface area contributed by atoms with E-state index >= 15 is 0 Å². The minimum Gasteiger partial charge on any atom is -0.545 e. The van der Waals surface area contributed by atoms with E-state index in [1.165, 1.54) is 7.11 Å². The van der Waals surface area contributed by atoms with Gasteiger partial charge in [0, 0.05) is 5.92 Å². The van der Waals surface area contributed by atoms with Crippen molar-refractivity contribution in [3.63, 3.8) is 0 Å². The van der Waals surface area contributed by atoms with E-state index in [4.69, 9.17) is 9.16 Å². The van der Waals surface area contributed by atoms with Crippen LogP contribution in [0.15, 0.2) is 42.7 Å². The van der Waals surface area contributed by atoms with Gasteiger partial charge >= 0.3 is 5.97 Å². The summed E-state index contributed by atoms with van der Waals surface area (Å²) in [6, 6.07) is 10.1. The van der Waals surface area contributed by atoms with Crippen LogP contribution in [0.4, 0.5) is 0 Å². The topological polar surface area (TPSA) is 35.5 Å². The Kier molecular flexibility index (Phi) is 6.06. The van der Waals surface area contributed by atoms with Gasteiger partial charge in [-0.15, -0.1) is 0 Å². The van der Waals surface area contributed by atoms with Gasteiger partial charge in [-0.3, -0.25) is 4.79 Å². The van der Waals surface area contributed by atoms with Crippen LogP contribution in [0.1, 0.15) is 59.4 Å². The average Bonchev–Trinajstić information content (AvgIpc) is 3.35. The minimum absolute atomic E-state index is 0.0850. The van der Waals surface area contributed by atoms with Crippen molar-refractivity contribution in [1.29, 1.82) is 0 Å². The Labute approximate surface area is 159 Å². The summed E-state index contributed by atoms with van der Waals surface area (Å²) in [5, 5.41) is 0. The van der Waals surface area contributed by atoms with E-state index < -0.39 is 13.7 Å². The van der Waals surface area contributed by atoms with Gasteiger partial charge < -0.3 is 9.16 Å². The van der Waals surface area contributed by atoms with E-state index in [2.05, 4.69) is 60.3 Å². The van der Waals surface area contributed by atoms with Crippen LogP contribution >= 0.6 is 0 Å². The molecule has 0 aromatic heterocycles. The molecule has 0 heterocycles. The fraction of sp³-hybridized carbons (Fsp3) is 0.591. The number of benzene rings is 1. The zero-order valence-corrected chi connectivity index (χ0v) is 18.3. The molecule has 0 N–H and O–H groups in total. The second kappa shape index (κ2) is 7.59. The van der Waals surface area contributed by atoms with Crippen molar-refractivity contribution in [2.24, 2.45) is 5.41 Å². The van der Waals surface area contributed by atoms with E-state index in [0.717, 1.165) is 5.56 Å². The average molecular weight is 375 g/mol. The lowest BCUT2D eigenvalue weighted by Gasteiger charge is -2.43. The maximum Gasteiger partial charge on any atom is 0.320 e. The van der Waals surface area contributed by atoms with Crippen LogP contribution < -0.4 is 0 Å². The van der Waals surface area contributed by atoms with Crippen LogP contribution in [0.25, 0.3) is 0 Å². The highest BCUT2D eigenvalue weighted by molar-refractivity contribution is 6.77. The van der Waals surface area contributed by atoms with Gasteiger partial charge in [-0.25, -0.2) is 0 Å². The van der Waals surface area contributed by atoms with Gasteiger partial charge in [0.15, 0.2) is 0 Å². The van der Waals surface area contributed by atoms with Crippen LogP contribution in [0.5, 0.6) is 0 Å². The van der Waals surface area contributed by atoms with E-state index in [9.17, 15) is 4.79 Å². The molecule has 1 fully saturated rings. The van der Waals surface area contributed by atoms with Crippen molar-refractivity contribution in [2.45, 2.75) is 70.5 Å². The molecule has 0 radical (unpaired) electrons. The largest absolute Gasteiger partial charge is 0.545 e. The summed E-state index contributed by atoms with van der Waals surface area (Å²) >= 11 is 0. The summed E-state index contributed by atoms with van der Waals surface area (Å²) in [5.41, 5.74) is 1.70. The second-order valence-corrected chi connectivity index (χ2v) is 13.8. The lowest BCUT2D eigenvalue weighted by molar-refractivity contribution is -0.146. The molecule has 0 saturated heterocycles. The van der Waals surface area contributed by atoms with E-state index in [-0.39, 0.29) is 11.9 Å². The first-order valence-electron chi connectivity index (χ1n) is 9.66. The third-order valence-corrected chi connectivity index (χ3v) is 12.2. The summed E-state index contributed by atoms with van der Waals surface area (Å²) in [4.78, 5) is 12.8. The molecule has 4 heteroatoms. The van der Waals surface area contributed by atoms with E-state index in [1.54, 1.807) is 0 Å². The summed E-state index contributed by atoms with van der Waals surface area (Å²) < 4.78 is 11.9. The van der Waals surface area contributed by atoms with Crippen molar-refractivity contribution >= 4 is 14.3 Å². The maximum atomic E-state index is 12.8. The van der Waals surface area contributed by atoms with Crippen LogP contribution in [0.2, 0.25) is 16.6 Å². The summed E-state index contributed by atoms with van der Waals surface area (Å²) in [5.74, 6) is 0.471. The molecule has 2 rings (SSSR count). The highest BCUT2D eigenvalue weighted by Crippen LogP contribution is 2.65. The van der Waals surface area contributed by atoms with E-state index in [0.29, 0.717) is 28.8 Å². The molecule has 2 atom stereocenters. The van der Waals surface area contributed by atoms with Crippen LogP contribution in [0, 0.1) is 5.41 Å². The third-order valence-electron chi connectivity index (χ3n) is 6.22. The second-order valence-electron chi connectivity index (χ2n) is 8.47. The summed E-state index contributed by atoms with van der Waals surface area (Å²) in [6.07, 6.45) is 0.710. The Balaban J connectivity index is 2.39. The Hall–Kier alpha value is -1.55. The van der Waals surface area contributed by atoms with Gasteiger partial charge in [-0.1, -0.05) is 78.5 Å². The number of carbonyl (C=O) groups excluding carboxylic acids is 1. The third kappa shape index (κ3) is 3.24. The normalized spacial score (nSPS) is 22.6. The molecule has 1 aliphatic rings. The number of carbonyl (C=O) groups is 1. The molecule has 1 unspecified atom stereocenters. The quantitative estimate of drug-likeness (QED) is 0.316. The van der Waals surface area contributed by atoms with Crippen LogP contribution in [0.3, 0.4) is 0 Å². The van der Waals surface area contributed by atoms with Crippen molar-refractivity contribution < 1.29 is 14.0 Å². The fourth-order valence-electron chi connectivity index (χ4n) is 4.84. The molecule has 1 aliphatic carbocycles. The monoisotopic (exact) mass is 374 g/mol. The molecular weight excluding hydrogens is 340 g/mol. The van der Waals surface area contributed by atoms with Crippen molar-refractivity contribution in [3.05, 3.63) is 48.2 Å². The highest BCUT2D eigenvalue weighted by Gasteiger charge is 2.66. The first kappa shape index (κ1) is 20.8. The molecule has 0 amide bonds. The van der Waals surface area contributed by atoms with Gasteiger partial charge in [-0.05, 0) is 28.6 Å². The number of esters is 1. The Morgan fingerprint density at radius 1 is 1.08 bits per heavy atom. The lowest BCUT2D eigenvalue weighted by Crippen LogP contribution is -2.48. The summed E-state index contributed by atoms with van der Waals surface area (Å²) in [7, 11) is -0.703. The molecule has 0 spiro atoms. The predicted molar refractivity (Wildman–Crippen MR) is 110 cm³/mol. The Bertz CT molecular complexity index is 629. The number of hydrogen-bond acceptors (Lipinski definition) is 3. The van der Waals surface area contributed by atoms with Gasteiger partial charge in [0.05, 0.1) is 12.9 Å². The zero-order chi connectivity index (χ0) is 19.7. The van der Waals surface area contributed by atoms with Crippen molar-refractivity contribution in [2.75, 3.05) is 7.11 Å². The summed E-state index contributed by atoms with van der Waals surface area (Å²) in [6.45, 7) is 17.7. The minimum atomic E-state index is -2.16. The maximum absolute atomic E-state index is 12.8. The smallest absolute Gasteiger partial charge is 0.320 e. The standard InChI is InChI=1S/C22H34O3Si/c1-15(2)26(16(3)4,17(5)6)25-18(7)22(21(23)24-8)14-20(22)19-12-10-9-11-13-19/h9-13,15-17,20H,7,14H2,1-6,8H3/t20?,22-/m0/s1. The first-order chi connectivity index (χ1) is 12.1. The van der Waals surface area contributed by atoms with Gasteiger partial charge in [0.1, 0.15) is 5.41 Å². The zero-order valence-electron chi connectivity index (χ0n) is 17.3. The Morgan fingerprint density at radius 3 is 2.00 bits per heavy atom. The molecule has 3 nitrogen and oxygen atoms in total. The molecule has 1 aromatic carbocycles.